The summed E-state index contributed by atoms with van der Waals surface area (Å²) >= 11 is 0. The summed E-state index contributed by atoms with van der Waals surface area (Å²) in [6.07, 6.45) is 5.31. The van der Waals surface area contributed by atoms with Gasteiger partial charge in [0.05, 0.1) is 18.8 Å². The fourth-order valence-corrected chi connectivity index (χ4v) is 3.50. The first-order valence-corrected chi connectivity index (χ1v) is 8.35. The number of pyridine rings is 1. The molecule has 124 valence electrons. The van der Waals surface area contributed by atoms with Gasteiger partial charge in [0, 0.05) is 24.4 Å². The molecule has 1 aromatic carbocycles. The average molecular weight is 324 g/mol. The minimum atomic E-state index is -0.256. The van der Waals surface area contributed by atoms with Crippen molar-refractivity contribution in [1.29, 1.82) is 0 Å². The number of nitrogens with zero attached hydrogens (tertiary/aromatic N) is 1. The van der Waals surface area contributed by atoms with Crippen molar-refractivity contribution in [3.05, 3.63) is 59.4 Å². The largest absolute Gasteiger partial charge is 0.493 e. The molecule has 1 aliphatic heterocycles. The SMILES string of the molecule is O=C(N[C@@H](c1ccc2c(c1)CCO2)C1CC(O)C1)c1ccncc1. The van der Waals surface area contributed by atoms with Crippen LogP contribution in [0.5, 0.6) is 5.75 Å². The summed E-state index contributed by atoms with van der Waals surface area (Å²) < 4.78 is 5.57. The standard InChI is InChI=1S/C19H20N2O3/c22-16-10-15(11-16)18(21-19(23)12-3-6-20-7-4-12)14-1-2-17-13(9-14)5-8-24-17/h1-4,6-7,9,15-16,18,22H,5,8,10-11H2,(H,21,23)/t15?,16?,18-/m0/s1. The Balaban J connectivity index is 1.59. The lowest BCUT2D eigenvalue weighted by molar-refractivity contribution is 0.0235. The minimum Gasteiger partial charge on any atom is -0.493 e. The molecule has 5 heteroatoms. The van der Waals surface area contributed by atoms with Gasteiger partial charge in [0.15, 0.2) is 0 Å². The van der Waals surface area contributed by atoms with E-state index in [9.17, 15) is 9.90 Å². The van der Waals surface area contributed by atoms with Gasteiger partial charge in [0.1, 0.15) is 5.75 Å². The molecule has 1 aliphatic carbocycles. The molecule has 5 nitrogen and oxygen atoms in total. The van der Waals surface area contributed by atoms with E-state index in [1.165, 1.54) is 5.56 Å². The van der Waals surface area contributed by atoms with Gasteiger partial charge in [-0.2, -0.15) is 0 Å². The molecule has 0 bridgehead atoms. The lowest BCUT2D eigenvalue weighted by Crippen LogP contribution is -2.41. The maximum atomic E-state index is 12.6. The highest BCUT2D eigenvalue weighted by Gasteiger charge is 2.36. The number of aromatic nitrogens is 1. The fraction of sp³-hybridized carbons (Fsp3) is 0.368. The number of hydrogen-bond acceptors (Lipinski definition) is 4. The van der Waals surface area contributed by atoms with Crippen molar-refractivity contribution in [2.24, 2.45) is 5.92 Å². The van der Waals surface area contributed by atoms with Gasteiger partial charge in [0.25, 0.3) is 5.91 Å². The topological polar surface area (TPSA) is 71.5 Å². The maximum absolute atomic E-state index is 12.6. The maximum Gasteiger partial charge on any atom is 0.251 e. The molecule has 0 saturated heterocycles. The first-order valence-electron chi connectivity index (χ1n) is 8.35. The van der Waals surface area contributed by atoms with Crippen molar-refractivity contribution >= 4 is 5.91 Å². The predicted octanol–water partition coefficient (Wildman–Crippen LogP) is 2.26. The minimum absolute atomic E-state index is 0.0973. The lowest BCUT2D eigenvalue weighted by Gasteiger charge is -2.38. The summed E-state index contributed by atoms with van der Waals surface area (Å²) in [5.41, 5.74) is 2.87. The number of ether oxygens (including phenoxy) is 1. The van der Waals surface area contributed by atoms with E-state index in [2.05, 4.69) is 16.4 Å². The van der Waals surface area contributed by atoms with Crippen molar-refractivity contribution in [3.8, 4) is 5.75 Å². The zero-order valence-corrected chi connectivity index (χ0v) is 13.3. The number of hydrogen-bond donors (Lipinski definition) is 2. The second-order valence-corrected chi connectivity index (χ2v) is 6.54. The van der Waals surface area contributed by atoms with Crippen LogP contribution in [0.2, 0.25) is 0 Å². The van der Waals surface area contributed by atoms with Crippen molar-refractivity contribution in [2.45, 2.75) is 31.4 Å². The van der Waals surface area contributed by atoms with Crippen molar-refractivity contribution in [1.82, 2.24) is 10.3 Å². The molecule has 1 aromatic heterocycles. The van der Waals surface area contributed by atoms with Crippen LogP contribution in [0, 0.1) is 5.92 Å². The van der Waals surface area contributed by atoms with E-state index in [4.69, 9.17) is 4.74 Å². The van der Waals surface area contributed by atoms with Gasteiger partial charge in [-0.25, -0.2) is 0 Å². The zero-order chi connectivity index (χ0) is 16.5. The summed E-state index contributed by atoms with van der Waals surface area (Å²) in [5, 5.41) is 12.8. The average Bonchev–Trinajstić information content (AvgIpc) is 3.05. The molecule has 0 radical (unpaired) electrons. The van der Waals surface area contributed by atoms with Crippen LogP contribution in [-0.2, 0) is 6.42 Å². The smallest absolute Gasteiger partial charge is 0.251 e. The van der Waals surface area contributed by atoms with Gasteiger partial charge in [-0.1, -0.05) is 6.07 Å². The first kappa shape index (κ1) is 15.1. The molecule has 1 fully saturated rings. The molecule has 0 unspecified atom stereocenters. The Labute approximate surface area is 140 Å². The van der Waals surface area contributed by atoms with Gasteiger partial charge in [-0.05, 0) is 54.2 Å². The first-order chi connectivity index (χ1) is 11.7. The van der Waals surface area contributed by atoms with Crippen LogP contribution in [-0.4, -0.2) is 28.7 Å². The van der Waals surface area contributed by atoms with Crippen molar-refractivity contribution < 1.29 is 14.6 Å². The van der Waals surface area contributed by atoms with Crippen LogP contribution < -0.4 is 10.1 Å². The van der Waals surface area contributed by atoms with Crippen LogP contribution in [0.1, 0.15) is 40.4 Å². The molecule has 1 saturated carbocycles. The summed E-state index contributed by atoms with van der Waals surface area (Å²) in [5.74, 6) is 1.08. The molecule has 1 atom stereocenters. The number of benzene rings is 1. The number of nitrogens with one attached hydrogen (secondary N) is 1. The Morgan fingerprint density at radius 2 is 2.04 bits per heavy atom. The highest BCUT2D eigenvalue weighted by atomic mass is 16.5. The van der Waals surface area contributed by atoms with Crippen LogP contribution in [0.15, 0.2) is 42.7 Å². The van der Waals surface area contributed by atoms with Gasteiger partial charge < -0.3 is 15.2 Å². The Bertz CT molecular complexity index is 742. The van der Waals surface area contributed by atoms with Gasteiger partial charge in [-0.15, -0.1) is 0 Å². The number of aliphatic hydroxyl groups is 1. The third-order valence-corrected chi connectivity index (χ3v) is 4.92. The monoisotopic (exact) mass is 324 g/mol. The summed E-state index contributed by atoms with van der Waals surface area (Å²) in [6.45, 7) is 0.717. The predicted molar refractivity (Wildman–Crippen MR) is 88.8 cm³/mol. The molecule has 2 aromatic rings. The molecule has 2 N–H and O–H groups in total. The van der Waals surface area contributed by atoms with Gasteiger partial charge in [-0.3, -0.25) is 9.78 Å². The molecular formula is C19H20N2O3. The van der Waals surface area contributed by atoms with Crippen molar-refractivity contribution in [3.63, 3.8) is 0 Å². The van der Waals surface area contributed by atoms with Crippen LogP contribution in [0.25, 0.3) is 0 Å². The number of amides is 1. The Morgan fingerprint density at radius 1 is 1.25 bits per heavy atom. The molecule has 2 aliphatic rings. The summed E-state index contributed by atoms with van der Waals surface area (Å²) in [4.78, 5) is 16.5. The van der Waals surface area contributed by atoms with Crippen LogP contribution in [0.4, 0.5) is 0 Å². The molecular weight excluding hydrogens is 304 g/mol. The zero-order valence-electron chi connectivity index (χ0n) is 13.3. The normalized spacial score (nSPS) is 22.9. The van der Waals surface area contributed by atoms with E-state index in [-0.39, 0.29) is 24.0 Å². The molecule has 24 heavy (non-hydrogen) atoms. The Morgan fingerprint density at radius 3 is 2.79 bits per heavy atom. The molecule has 4 rings (SSSR count). The van der Waals surface area contributed by atoms with E-state index >= 15 is 0 Å². The van der Waals surface area contributed by atoms with E-state index in [1.54, 1.807) is 24.5 Å². The van der Waals surface area contributed by atoms with E-state index < -0.39 is 0 Å². The van der Waals surface area contributed by atoms with Crippen molar-refractivity contribution in [2.75, 3.05) is 6.61 Å². The third-order valence-electron chi connectivity index (χ3n) is 4.92. The molecule has 2 heterocycles. The Kier molecular flexibility index (Phi) is 3.94. The van der Waals surface area contributed by atoms with Gasteiger partial charge >= 0.3 is 0 Å². The van der Waals surface area contributed by atoms with E-state index in [1.807, 2.05) is 12.1 Å². The number of fused-ring (bicyclic) bond motifs is 1. The van der Waals surface area contributed by atoms with E-state index in [0.717, 1.165) is 37.2 Å². The second-order valence-electron chi connectivity index (χ2n) is 6.54. The number of aliphatic hydroxyl groups excluding tert-OH is 1. The highest BCUT2D eigenvalue weighted by Crippen LogP contribution is 2.39. The van der Waals surface area contributed by atoms with Crippen LogP contribution in [0.3, 0.4) is 0 Å². The van der Waals surface area contributed by atoms with E-state index in [0.29, 0.717) is 5.56 Å². The molecule has 0 spiro atoms. The number of carbonyl (C=O) groups excluding carboxylic acids is 1. The third kappa shape index (κ3) is 2.87. The van der Waals surface area contributed by atoms with Crippen LogP contribution >= 0.6 is 0 Å². The molecule has 1 amide bonds. The Hall–Kier alpha value is -2.40. The lowest BCUT2D eigenvalue weighted by atomic mass is 9.74. The number of carbonyl (C=O) groups is 1. The summed E-state index contributed by atoms with van der Waals surface area (Å²) in [6, 6.07) is 9.45. The fourth-order valence-electron chi connectivity index (χ4n) is 3.50. The highest BCUT2D eigenvalue weighted by molar-refractivity contribution is 5.94. The number of rotatable bonds is 4. The second kappa shape index (κ2) is 6.24. The summed E-state index contributed by atoms with van der Waals surface area (Å²) in [7, 11) is 0. The quantitative estimate of drug-likeness (QED) is 0.905. The van der Waals surface area contributed by atoms with Gasteiger partial charge in [0.2, 0.25) is 0 Å².